The Morgan fingerprint density at radius 2 is 2.04 bits per heavy atom. The van der Waals surface area contributed by atoms with Crippen molar-refractivity contribution in [3.05, 3.63) is 18.2 Å². The summed E-state index contributed by atoms with van der Waals surface area (Å²) in [6, 6.07) is -0.909. The van der Waals surface area contributed by atoms with Gasteiger partial charge in [-0.3, -0.25) is 19.0 Å². The van der Waals surface area contributed by atoms with Crippen LogP contribution in [-0.2, 0) is 25.5 Å². The van der Waals surface area contributed by atoms with Gasteiger partial charge in [0.1, 0.15) is 25.6 Å². The smallest absolute Gasteiger partial charge is 0.323 e. The normalized spacial score (nSPS) is 11.8. The monoisotopic (exact) mass is 326 g/mol. The first kappa shape index (κ1) is 18.8. The van der Waals surface area contributed by atoms with Crippen LogP contribution in [0.3, 0.4) is 0 Å². The van der Waals surface area contributed by atoms with Crippen LogP contribution in [0.4, 0.5) is 0 Å². The van der Waals surface area contributed by atoms with E-state index in [4.69, 9.17) is 15.2 Å². The van der Waals surface area contributed by atoms with Gasteiger partial charge in [0.05, 0.1) is 6.61 Å². The molecule has 9 nitrogen and oxygen atoms in total. The summed E-state index contributed by atoms with van der Waals surface area (Å²) in [5.41, 5.74) is 6.29. The minimum absolute atomic E-state index is 0.000782. The van der Waals surface area contributed by atoms with Crippen LogP contribution in [0.2, 0.25) is 0 Å². The number of carbonyl (C=O) groups is 3. The van der Waals surface area contributed by atoms with Gasteiger partial charge in [0.15, 0.2) is 0 Å². The highest BCUT2D eigenvalue weighted by molar-refractivity contribution is 5.78. The van der Waals surface area contributed by atoms with E-state index >= 15 is 0 Å². The quantitative estimate of drug-likeness (QED) is 0.484. The third kappa shape index (κ3) is 6.17. The summed E-state index contributed by atoms with van der Waals surface area (Å²) < 4.78 is 11.4. The van der Waals surface area contributed by atoms with Crippen LogP contribution < -0.4 is 5.73 Å². The van der Waals surface area contributed by atoms with Crippen LogP contribution in [0, 0.1) is 0 Å². The third-order valence-electron chi connectivity index (χ3n) is 2.98. The molecule has 0 bridgehead atoms. The van der Waals surface area contributed by atoms with Gasteiger partial charge in [0, 0.05) is 39.3 Å². The molecule has 0 saturated carbocycles. The van der Waals surface area contributed by atoms with Crippen LogP contribution in [0.15, 0.2) is 12.5 Å². The van der Waals surface area contributed by atoms with E-state index in [1.54, 1.807) is 14.1 Å². The van der Waals surface area contributed by atoms with Gasteiger partial charge < -0.3 is 20.1 Å². The number of ether oxygens (including phenoxy) is 2. The molecule has 128 valence electrons. The molecule has 1 heterocycles. The molecule has 0 aliphatic rings. The first-order valence-corrected chi connectivity index (χ1v) is 7.05. The third-order valence-corrected chi connectivity index (χ3v) is 2.98. The first-order valence-electron chi connectivity index (χ1n) is 7.05. The molecule has 1 unspecified atom stereocenters. The number of imidazole rings is 1. The second-order valence-corrected chi connectivity index (χ2v) is 5.09. The summed E-state index contributed by atoms with van der Waals surface area (Å²) in [7, 11) is 3.24. The van der Waals surface area contributed by atoms with Crippen LogP contribution in [0.25, 0.3) is 0 Å². The number of nitrogens with two attached hydrogens (primary N) is 1. The summed E-state index contributed by atoms with van der Waals surface area (Å²) in [5.74, 6) is -0.994. The first-order chi connectivity index (χ1) is 10.8. The van der Waals surface area contributed by atoms with Gasteiger partial charge in [-0.25, -0.2) is 4.98 Å². The zero-order valence-electron chi connectivity index (χ0n) is 13.5. The lowest BCUT2D eigenvalue weighted by Gasteiger charge is -2.13. The second-order valence-electron chi connectivity index (χ2n) is 5.09. The summed E-state index contributed by atoms with van der Waals surface area (Å²) in [6.07, 6.45) is 2.98. The number of carbonyl (C=O) groups excluding carboxylic acids is 3. The van der Waals surface area contributed by atoms with E-state index in [0.29, 0.717) is 5.69 Å². The number of aromatic nitrogens is 2. The maximum Gasteiger partial charge on any atom is 0.323 e. The molecule has 1 atom stereocenters. The molecular formula is C14H22N4O5. The van der Waals surface area contributed by atoms with Crippen molar-refractivity contribution in [3.8, 4) is 0 Å². The topological polar surface area (TPSA) is 117 Å². The van der Waals surface area contributed by atoms with Crippen molar-refractivity contribution in [2.45, 2.75) is 19.4 Å². The average molecular weight is 326 g/mol. The van der Waals surface area contributed by atoms with Crippen LogP contribution in [-0.4, -0.2) is 72.2 Å². The lowest BCUT2D eigenvalue weighted by molar-refractivity contribution is -0.147. The molecule has 0 aromatic carbocycles. The number of esters is 1. The molecule has 2 N–H and O–H groups in total. The van der Waals surface area contributed by atoms with Crippen molar-refractivity contribution >= 4 is 17.8 Å². The van der Waals surface area contributed by atoms with E-state index in [-0.39, 0.29) is 38.1 Å². The summed E-state index contributed by atoms with van der Waals surface area (Å²) in [6.45, 7) is 1.42. The Kier molecular flexibility index (Phi) is 7.36. The van der Waals surface area contributed by atoms with Gasteiger partial charge in [-0.05, 0) is 0 Å². The average Bonchev–Trinajstić information content (AvgIpc) is 2.94. The highest BCUT2D eigenvalue weighted by Crippen LogP contribution is 2.03. The van der Waals surface area contributed by atoms with Crippen molar-refractivity contribution in [2.75, 3.05) is 33.9 Å². The van der Waals surface area contributed by atoms with Crippen LogP contribution >= 0.6 is 0 Å². The Hall–Kier alpha value is -2.26. The van der Waals surface area contributed by atoms with Crippen molar-refractivity contribution in [1.29, 1.82) is 0 Å². The van der Waals surface area contributed by atoms with E-state index in [1.807, 2.05) is 0 Å². The van der Waals surface area contributed by atoms with E-state index < -0.39 is 12.0 Å². The lowest BCUT2D eigenvalue weighted by atomic mass is 10.2. The number of likely N-dealkylation sites (N-methyl/N-ethyl adjacent to an activating group) is 1. The number of rotatable bonds is 8. The fourth-order valence-corrected chi connectivity index (χ4v) is 1.66. The number of hydrogen-bond donors (Lipinski definition) is 1. The maximum absolute atomic E-state index is 11.8. The SMILES string of the molecule is CC(=O)n1cncc1CC(N)C(=O)OCCOCC(=O)N(C)C. The molecule has 0 spiro atoms. The zero-order valence-corrected chi connectivity index (χ0v) is 13.5. The predicted molar refractivity (Wildman–Crippen MR) is 80.7 cm³/mol. The number of amides is 1. The van der Waals surface area contributed by atoms with Gasteiger partial charge in [-0.2, -0.15) is 0 Å². The van der Waals surface area contributed by atoms with Crippen molar-refractivity contribution in [1.82, 2.24) is 14.5 Å². The van der Waals surface area contributed by atoms with Crippen molar-refractivity contribution in [2.24, 2.45) is 5.73 Å². The Labute approximate surface area is 134 Å². The molecular weight excluding hydrogens is 304 g/mol. The molecule has 0 saturated heterocycles. The van der Waals surface area contributed by atoms with Gasteiger partial charge >= 0.3 is 5.97 Å². The summed E-state index contributed by atoms with van der Waals surface area (Å²) >= 11 is 0. The highest BCUT2D eigenvalue weighted by Gasteiger charge is 2.18. The largest absolute Gasteiger partial charge is 0.462 e. The molecule has 0 radical (unpaired) electrons. The van der Waals surface area contributed by atoms with E-state index in [1.165, 1.54) is 28.9 Å². The Balaban J connectivity index is 2.30. The Morgan fingerprint density at radius 1 is 1.35 bits per heavy atom. The Bertz CT molecular complexity index is 555. The molecule has 9 heteroatoms. The number of nitrogens with zero attached hydrogens (tertiary/aromatic N) is 3. The van der Waals surface area contributed by atoms with Crippen LogP contribution in [0.1, 0.15) is 17.4 Å². The molecule has 1 aromatic heterocycles. The van der Waals surface area contributed by atoms with E-state index in [2.05, 4.69) is 4.98 Å². The lowest BCUT2D eigenvalue weighted by Crippen LogP contribution is -2.36. The molecule has 1 rings (SSSR count). The predicted octanol–water partition coefficient (Wildman–Crippen LogP) is -0.939. The molecule has 23 heavy (non-hydrogen) atoms. The zero-order chi connectivity index (χ0) is 17.4. The molecule has 1 aromatic rings. The van der Waals surface area contributed by atoms with Gasteiger partial charge in [-0.15, -0.1) is 0 Å². The van der Waals surface area contributed by atoms with Crippen molar-refractivity contribution in [3.63, 3.8) is 0 Å². The standard InChI is InChI=1S/C14H22N4O5/c1-10(19)18-9-16-7-11(18)6-12(15)14(21)23-5-4-22-8-13(20)17(2)3/h7,9,12H,4-6,8,15H2,1-3H3. The fraction of sp³-hybridized carbons (Fsp3) is 0.571. The molecule has 0 fully saturated rings. The molecule has 1 amide bonds. The minimum Gasteiger partial charge on any atom is -0.462 e. The van der Waals surface area contributed by atoms with Crippen molar-refractivity contribution < 1.29 is 23.9 Å². The Morgan fingerprint density at radius 3 is 2.65 bits per heavy atom. The molecule has 0 aliphatic carbocycles. The van der Waals surface area contributed by atoms with Gasteiger partial charge in [0.2, 0.25) is 11.8 Å². The second kappa shape index (κ2) is 9.01. The van der Waals surface area contributed by atoms with Gasteiger partial charge in [0.25, 0.3) is 0 Å². The minimum atomic E-state index is -0.909. The van der Waals surface area contributed by atoms with E-state index in [0.717, 1.165) is 0 Å². The summed E-state index contributed by atoms with van der Waals surface area (Å²) in [5, 5.41) is 0. The maximum atomic E-state index is 11.8. The van der Waals surface area contributed by atoms with E-state index in [9.17, 15) is 14.4 Å². The number of hydrogen-bond acceptors (Lipinski definition) is 7. The fourth-order valence-electron chi connectivity index (χ4n) is 1.66. The highest BCUT2D eigenvalue weighted by atomic mass is 16.6. The van der Waals surface area contributed by atoms with Gasteiger partial charge in [-0.1, -0.05) is 0 Å². The van der Waals surface area contributed by atoms with Crippen LogP contribution in [0.5, 0.6) is 0 Å². The molecule has 0 aliphatic heterocycles. The summed E-state index contributed by atoms with van der Waals surface area (Å²) in [4.78, 5) is 39.6.